The molecule has 1 N–H and O–H groups in total. The number of benzene rings is 2. The predicted octanol–water partition coefficient (Wildman–Crippen LogP) is 6.14. The fourth-order valence-electron chi connectivity index (χ4n) is 4.76. The van der Waals surface area contributed by atoms with Gasteiger partial charge in [0, 0.05) is 36.5 Å². The molecule has 1 aliphatic rings. The highest BCUT2D eigenvalue weighted by molar-refractivity contribution is 5.87. The summed E-state index contributed by atoms with van der Waals surface area (Å²) in [4.78, 5) is 9.23. The van der Waals surface area contributed by atoms with Gasteiger partial charge in [-0.15, -0.1) is 0 Å². The molecule has 0 radical (unpaired) electrons. The molecule has 4 nitrogen and oxygen atoms in total. The Kier molecular flexibility index (Phi) is 5.99. The highest BCUT2D eigenvalue weighted by Gasteiger charge is 2.14. The Morgan fingerprint density at radius 2 is 1.84 bits per heavy atom. The van der Waals surface area contributed by atoms with E-state index in [1.165, 1.54) is 38.2 Å². The highest BCUT2D eigenvalue weighted by Crippen LogP contribution is 2.32. The predicted molar refractivity (Wildman–Crippen MR) is 128 cm³/mol. The van der Waals surface area contributed by atoms with Crippen LogP contribution in [0.25, 0.3) is 33.4 Å². The zero-order valence-corrected chi connectivity index (χ0v) is 18.5. The molecule has 2 heterocycles. The zero-order chi connectivity index (χ0) is 21.9. The minimum Gasteiger partial charge on any atom is -0.329 e. The summed E-state index contributed by atoms with van der Waals surface area (Å²) < 4.78 is 16.0. The van der Waals surface area contributed by atoms with E-state index in [9.17, 15) is 4.39 Å². The second kappa shape index (κ2) is 9.21. The maximum atomic E-state index is 13.8. The van der Waals surface area contributed by atoms with Crippen LogP contribution in [-0.2, 0) is 6.54 Å². The molecule has 0 unspecified atom stereocenters. The van der Waals surface area contributed by atoms with E-state index in [0.717, 1.165) is 46.5 Å². The van der Waals surface area contributed by atoms with Crippen LogP contribution in [0.4, 0.5) is 4.39 Å². The van der Waals surface area contributed by atoms with Crippen LogP contribution in [0.5, 0.6) is 0 Å². The Balaban J connectivity index is 1.43. The largest absolute Gasteiger partial charge is 0.329 e. The number of halogens is 1. The second-order valence-corrected chi connectivity index (χ2v) is 8.79. The van der Waals surface area contributed by atoms with Crippen LogP contribution in [0.2, 0.25) is 0 Å². The molecule has 2 aromatic heterocycles. The van der Waals surface area contributed by atoms with Gasteiger partial charge in [-0.3, -0.25) is 4.98 Å². The van der Waals surface area contributed by atoms with Crippen LogP contribution in [0.1, 0.15) is 37.7 Å². The molecule has 0 atom stereocenters. The molecular formula is C27H29FN4. The van der Waals surface area contributed by atoms with E-state index in [2.05, 4.69) is 44.1 Å². The smallest absolute Gasteiger partial charge is 0.126 e. The van der Waals surface area contributed by atoms with Crippen molar-refractivity contribution in [3.05, 3.63) is 72.4 Å². The van der Waals surface area contributed by atoms with Gasteiger partial charge in [-0.1, -0.05) is 31.4 Å². The summed E-state index contributed by atoms with van der Waals surface area (Å²) in [5, 5.41) is 3.72. The number of hydrogen-bond donors (Lipinski definition) is 1. The van der Waals surface area contributed by atoms with Crippen molar-refractivity contribution in [3.63, 3.8) is 0 Å². The molecule has 32 heavy (non-hydrogen) atoms. The van der Waals surface area contributed by atoms with Crippen molar-refractivity contribution < 1.29 is 4.39 Å². The maximum Gasteiger partial charge on any atom is 0.126 e. The molecule has 1 saturated carbocycles. The molecule has 1 aliphatic carbocycles. The molecule has 0 saturated heterocycles. The summed E-state index contributed by atoms with van der Waals surface area (Å²) in [5.41, 5.74) is 6.65. The van der Waals surface area contributed by atoms with Gasteiger partial charge in [0.25, 0.3) is 0 Å². The average molecular weight is 429 g/mol. The minimum atomic E-state index is -0.196. The first-order chi connectivity index (χ1) is 15.7. The Hall–Kier alpha value is -3.05. The first-order valence-electron chi connectivity index (χ1n) is 11.6. The first-order valence-corrected chi connectivity index (χ1v) is 11.6. The Bertz CT molecular complexity index is 1220. The van der Waals surface area contributed by atoms with Crippen molar-refractivity contribution in [2.45, 2.75) is 51.6 Å². The van der Waals surface area contributed by atoms with Crippen LogP contribution >= 0.6 is 0 Å². The van der Waals surface area contributed by atoms with Crippen molar-refractivity contribution in [1.29, 1.82) is 0 Å². The number of aromatic nitrogens is 3. The molecule has 5 heteroatoms. The molecule has 5 rings (SSSR count). The first kappa shape index (κ1) is 20.8. The summed E-state index contributed by atoms with van der Waals surface area (Å²) in [6.45, 7) is 3.63. The lowest BCUT2D eigenvalue weighted by atomic mass is 9.95. The Morgan fingerprint density at radius 3 is 2.69 bits per heavy atom. The van der Waals surface area contributed by atoms with Gasteiger partial charge in [0.2, 0.25) is 0 Å². The summed E-state index contributed by atoms with van der Waals surface area (Å²) in [5.74, 6) is -0.196. The van der Waals surface area contributed by atoms with Crippen molar-refractivity contribution in [3.8, 4) is 22.4 Å². The number of aryl methyl sites for hydroxylation is 1. The third-order valence-corrected chi connectivity index (χ3v) is 6.56. The maximum absolute atomic E-state index is 13.8. The number of nitrogens with one attached hydrogen (secondary N) is 1. The van der Waals surface area contributed by atoms with Gasteiger partial charge in [-0.25, -0.2) is 9.37 Å². The summed E-state index contributed by atoms with van der Waals surface area (Å²) in [6, 6.07) is 16.2. The number of hydrogen-bond acceptors (Lipinski definition) is 3. The SMILES string of the molecule is Cc1cc(-c2ncccc2-c2ccc3ncn(CCNC4CCCCC4)c3c2)ccc1F. The molecule has 0 amide bonds. The number of fused-ring (bicyclic) bond motifs is 1. The van der Waals surface area contributed by atoms with Crippen molar-refractivity contribution >= 4 is 11.0 Å². The van der Waals surface area contributed by atoms with E-state index in [4.69, 9.17) is 0 Å². The molecule has 4 aromatic rings. The third kappa shape index (κ3) is 4.30. The van der Waals surface area contributed by atoms with Gasteiger partial charge >= 0.3 is 0 Å². The van der Waals surface area contributed by atoms with E-state index >= 15 is 0 Å². The molecule has 164 valence electrons. The Labute approximate surface area is 188 Å². The lowest BCUT2D eigenvalue weighted by molar-refractivity contribution is 0.368. The van der Waals surface area contributed by atoms with Gasteiger partial charge in [0.05, 0.1) is 23.1 Å². The van der Waals surface area contributed by atoms with E-state index in [0.29, 0.717) is 11.6 Å². The number of rotatable bonds is 6. The minimum absolute atomic E-state index is 0.196. The van der Waals surface area contributed by atoms with Gasteiger partial charge in [0.15, 0.2) is 0 Å². The number of pyridine rings is 1. The fraction of sp³-hybridized carbons (Fsp3) is 0.333. The monoisotopic (exact) mass is 428 g/mol. The molecule has 0 spiro atoms. The second-order valence-electron chi connectivity index (χ2n) is 8.79. The van der Waals surface area contributed by atoms with Gasteiger partial charge < -0.3 is 9.88 Å². The average Bonchev–Trinajstić information content (AvgIpc) is 3.24. The van der Waals surface area contributed by atoms with Crippen molar-refractivity contribution in [1.82, 2.24) is 19.9 Å². The Morgan fingerprint density at radius 1 is 1.00 bits per heavy atom. The normalized spacial score (nSPS) is 14.8. The number of imidazole rings is 1. The zero-order valence-electron chi connectivity index (χ0n) is 18.5. The molecule has 2 aromatic carbocycles. The van der Waals surface area contributed by atoms with E-state index in [1.807, 2.05) is 18.5 Å². The molecular weight excluding hydrogens is 399 g/mol. The van der Waals surface area contributed by atoms with Gasteiger partial charge in [0.1, 0.15) is 5.82 Å². The van der Waals surface area contributed by atoms with Crippen molar-refractivity contribution in [2.75, 3.05) is 6.54 Å². The van der Waals surface area contributed by atoms with Crippen LogP contribution in [0, 0.1) is 12.7 Å². The summed E-state index contributed by atoms with van der Waals surface area (Å²) in [7, 11) is 0. The summed E-state index contributed by atoms with van der Waals surface area (Å²) in [6.07, 6.45) is 10.4. The number of nitrogens with zero attached hydrogens (tertiary/aromatic N) is 3. The van der Waals surface area contributed by atoms with Gasteiger partial charge in [-0.05, 0) is 67.3 Å². The molecule has 0 bridgehead atoms. The highest BCUT2D eigenvalue weighted by atomic mass is 19.1. The van der Waals surface area contributed by atoms with Gasteiger partial charge in [-0.2, -0.15) is 0 Å². The van der Waals surface area contributed by atoms with Crippen LogP contribution in [0.15, 0.2) is 61.1 Å². The van der Waals surface area contributed by atoms with E-state index in [-0.39, 0.29) is 5.82 Å². The quantitative estimate of drug-likeness (QED) is 0.401. The fourth-order valence-corrected chi connectivity index (χ4v) is 4.76. The van der Waals surface area contributed by atoms with Crippen LogP contribution in [-0.4, -0.2) is 27.1 Å². The lowest BCUT2D eigenvalue weighted by Gasteiger charge is -2.23. The van der Waals surface area contributed by atoms with Crippen LogP contribution in [0.3, 0.4) is 0 Å². The van der Waals surface area contributed by atoms with E-state index < -0.39 is 0 Å². The molecule has 1 fully saturated rings. The topological polar surface area (TPSA) is 42.7 Å². The molecule has 0 aliphatic heterocycles. The standard InChI is InChI=1S/C27H29FN4/c1-19-16-21(9-11-24(19)28)27-23(8-5-13-30-27)20-10-12-25-26(17-20)32(18-31-25)15-14-29-22-6-3-2-4-7-22/h5,8-13,16-18,22,29H,2-4,6-7,14-15H2,1H3. The lowest BCUT2D eigenvalue weighted by Crippen LogP contribution is -2.33. The van der Waals surface area contributed by atoms with Crippen LogP contribution < -0.4 is 5.32 Å². The van der Waals surface area contributed by atoms with E-state index in [1.54, 1.807) is 19.2 Å². The third-order valence-electron chi connectivity index (χ3n) is 6.56. The summed E-state index contributed by atoms with van der Waals surface area (Å²) >= 11 is 0. The van der Waals surface area contributed by atoms with Crippen molar-refractivity contribution in [2.24, 2.45) is 0 Å².